The van der Waals surface area contributed by atoms with Gasteiger partial charge in [-0.3, -0.25) is 14.4 Å². The van der Waals surface area contributed by atoms with Crippen LogP contribution in [0.4, 0.5) is 0 Å². The molecule has 230 valence electrons. The Hall–Kier alpha value is -4.02. The predicted molar refractivity (Wildman–Crippen MR) is 141 cm³/mol. The number of nitrogens with one attached hydrogen (secondary N) is 1. The number of aliphatic hydroxyl groups is 3. The molecule has 1 fully saturated rings. The molecular weight excluding hydrogens is 560 g/mol. The monoisotopic (exact) mass is 594 g/mol. The number of hydrogen-bond acceptors (Lipinski definition) is 12. The van der Waals surface area contributed by atoms with E-state index in [-0.39, 0.29) is 69.3 Å². The largest absolute Gasteiger partial charge is 0.491 e. The molecule has 1 aromatic carbocycles. The van der Waals surface area contributed by atoms with Gasteiger partial charge in [-0.25, -0.2) is 4.79 Å². The van der Waals surface area contributed by atoms with Crippen LogP contribution in [0.1, 0.15) is 18.9 Å². The standard InChI is InChI=1S/C27H34N2O13/c1-15-3-6-21(32)29(15)9-7-20(31)28-8-10-38-11-12-39-19-13-18(5-4-17(19)14-40-16(2)30)41-27-24(35)22(33)23(34)25(42-27)26(36)37/h3-6,13,22-25,27,33-35H,1,7-12,14H2,2H3,(H,28,31)(H,36,37)/t22-,23-,24+,25-,27+/m0/s1. The minimum atomic E-state index is -1.87. The summed E-state index contributed by atoms with van der Waals surface area (Å²) in [6.07, 6.45) is -5.83. The number of hydrogen-bond donors (Lipinski definition) is 5. The van der Waals surface area contributed by atoms with Crippen LogP contribution in [0.5, 0.6) is 11.5 Å². The molecule has 2 amide bonds. The van der Waals surface area contributed by atoms with Crippen LogP contribution in [-0.4, -0.2) is 113 Å². The first-order chi connectivity index (χ1) is 20.0. The third kappa shape index (κ3) is 8.99. The summed E-state index contributed by atoms with van der Waals surface area (Å²) in [5.41, 5.74) is 0.998. The maximum absolute atomic E-state index is 12.0. The number of rotatable bonds is 15. The number of ether oxygens (including phenoxy) is 5. The van der Waals surface area contributed by atoms with E-state index in [0.29, 0.717) is 11.3 Å². The first kappa shape index (κ1) is 32.5. The van der Waals surface area contributed by atoms with Crippen LogP contribution >= 0.6 is 0 Å². The van der Waals surface area contributed by atoms with Crippen LogP contribution in [0.25, 0.3) is 0 Å². The molecule has 2 aliphatic rings. The Labute approximate surface area is 240 Å². The molecule has 0 unspecified atom stereocenters. The third-order valence-electron chi connectivity index (χ3n) is 6.18. The van der Waals surface area contributed by atoms with Crippen molar-refractivity contribution in [2.45, 2.75) is 50.7 Å². The molecule has 3 rings (SSSR count). The van der Waals surface area contributed by atoms with Gasteiger partial charge < -0.3 is 54.3 Å². The van der Waals surface area contributed by atoms with E-state index in [9.17, 15) is 39.6 Å². The smallest absolute Gasteiger partial charge is 0.335 e. The quantitative estimate of drug-likeness (QED) is 0.120. The Morgan fingerprint density at radius 2 is 1.83 bits per heavy atom. The molecule has 5 atom stereocenters. The molecule has 0 aromatic heterocycles. The number of carboxylic acids is 1. The molecular formula is C27H34N2O13. The van der Waals surface area contributed by atoms with E-state index in [1.807, 2.05) is 0 Å². The molecule has 0 bridgehead atoms. The van der Waals surface area contributed by atoms with Gasteiger partial charge in [-0.15, -0.1) is 0 Å². The number of carbonyl (C=O) groups is 4. The predicted octanol–water partition coefficient (Wildman–Crippen LogP) is -1.17. The molecule has 0 aliphatic carbocycles. The maximum atomic E-state index is 12.0. The topological polar surface area (TPSA) is 211 Å². The molecule has 0 radical (unpaired) electrons. The number of nitrogens with zero attached hydrogens (tertiary/aromatic N) is 1. The first-order valence-corrected chi connectivity index (χ1v) is 13.0. The molecule has 0 saturated carbocycles. The number of aliphatic hydroxyl groups excluding tert-OH is 3. The zero-order valence-corrected chi connectivity index (χ0v) is 22.8. The number of esters is 1. The second kappa shape index (κ2) is 15.3. The third-order valence-corrected chi connectivity index (χ3v) is 6.18. The summed E-state index contributed by atoms with van der Waals surface area (Å²) >= 11 is 0. The van der Waals surface area contributed by atoms with E-state index in [2.05, 4.69) is 11.9 Å². The van der Waals surface area contributed by atoms with E-state index in [0.717, 1.165) is 0 Å². The highest BCUT2D eigenvalue weighted by Crippen LogP contribution is 2.29. The summed E-state index contributed by atoms with van der Waals surface area (Å²) in [5, 5.41) is 42.0. The lowest BCUT2D eigenvalue weighted by Crippen LogP contribution is -2.61. The molecule has 0 spiro atoms. The highest BCUT2D eigenvalue weighted by atomic mass is 16.7. The van der Waals surface area contributed by atoms with E-state index < -0.39 is 42.6 Å². The Bertz CT molecular complexity index is 1170. The van der Waals surface area contributed by atoms with Crippen molar-refractivity contribution in [1.29, 1.82) is 0 Å². The van der Waals surface area contributed by atoms with Crippen molar-refractivity contribution in [3.63, 3.8) is 0 Å². The Kier molecular flexibility index (Phi) is 11.8. The Morgan fingerprint density at radius 3 is 2.50 bits per heavy atom. The molecule has 5 N–H and O–H groups in total. The van der Waals surface area contributed by atoms with Gasteiger partial charge in [0.2, 0.25) is 12.2 Å². The summed E-state index contributed by atoms with van der Waals surface area (Å²) < 4.78 is 26.9. The van der Waals surface area contributed by atoms with Gasteiger partial charge >= 0.3 is 11.9 Å². The van der Waals surface area contributed by atoms with Gasteiger partial charge in [0.15, 0.2) is 6.10 Å². The van der Waals surface area contributed by atoms with E-state index in [1.165, 1.54) is 36.1 Å². The normalized spacial score (nSPS) is 23.5. The van der Waals surface area contributed by atoms with Crippen molar-refractivity contribution in [2.75, 3.05) is 32.9 Å². The van der Waals surface area contributed by atoms with Crippen LogP contribution in [0.3, 0.4) is 0 Å². The lowest BCUT2D eigenvalue weighted by molar-refractivity contribution is -0.271. The minimum Gasteiger partial charge on any atom is -0.491 e. The molecule has 1 aromatic rings. The minimum absolute atomic E-state index is 0.0468. The van der Waals surface area contributed by atoms with E-state index in [1.54, 1.807) is 6.08 Å². The summed E-state index contributed by atoms with van der Waals surface area (Å²) in [6, 6.07) is 4.33. The maximum Gasteiger partial charge on any atom is 0.335 e. The number of aliphatic carboxylic acids is 1. The second-order valence-electron chi connectivity index (χ2n) is 9.28. The molecule has 15 nitrogen and oxygen atoms in total. The molecule has 2 aliphatic heterocycles. The van der Waals surface area contributed by atoms with E-state index in [4.69, 9.17) is 23.7 Å². The molecule has 42 heavy (non-hydrogen) atoms. The lowest BCUT2D eigenvalue weighted by atomic mass is 9.99. The average molecular weight is 595 g/mol. The van der Waals surface area contributed by atoms with Crippen LogP contribution < -0.4 is 14.8 Å². The van der Waals surface area contributed by atoms with Crippen LogP contribution in [0.2, 0.25) is 0 Å². The molecule has 2 heterocycles. The van der Waals surface area contributed by atoms with Crippen molar-refractivity contribution in [2.24, 2.45) is 0 Å². The zero-order valence-electron chi connectivity index (χ0n) is 22.8. The van der Waals surface area contributed by atoms with Crippen LogP contribution in [0, 0.1) is 0 Å². The SMILES string of the molecule is C=C1C=CC(=O)N1CCC(=O)NCCOCCOc1cc(O[C@@H]2O[C@H](C(=O)O)[C@@H](O)[C@H](O)[C@H]2O)ccc1COC(C)=O. The molecule has 1 saturated heterocycles. The summed E-state index contributed by atoms with van der Waals surface area (Å²) in [4.78, 5) is 47.7. The van der Waals surface area contributed by atoms with Gasteiger partial charge in [-0.1, -0.05) is 6.58 Å². The van der Waals surface area contributed by atoms with Crippen molar-refractivity contribution in [1.82, 2.24) is 10.2 Å². The Balaban J connectivity index is 1.47. The van der Waals surface area contributed by atoms with Gasteiger partial charge in [-0.2, -0.15) is 0 Å². The van der Waals surface area contributed by atoms with Gasteiger partial charge in [0.1, 0.15) is 43.0 Å². The van der Waals surface area contributed by atoms with Crippen molar-refractivity contribution < 1.29 is 63.3 Å². The fraction of sp³-hybridized carbons (Fsp3) is 0.481. The second-order valence-corrected chi connectivity index (χ2v) is 9.28. The Morgan fingerprint density at radius 1 is 1.07 bits per heavy atom. The summed E-state index contributed by atoms with van der Waals surface area (Å²) in [5.74, 6) is -2.26. The van der Waals surface area contributed by atoms with Crippen molar-refractivity contribution in [3.05, 3.63) is 48.2 Å². The number of amides is 2. The number of benzene rings is 1. The fourth-order valence-corrected chi connectivity index (χ4v) is 3.94. The zero-order chi connectivity index (χ0) is 30.8. The van der Waals surface area contributed by atoms with Crippen molar-refractivity contribution in [3.8, 4) is 11.5 Å². The van der Waals surface area contributed by atoms with Crippen molar-refractivity contribution >= 4 is 23.8 Å². The lowest BCUT2D eigenvalue weighted by Gasteiger charge is -2.38. The van der Waals surface area contributed by atoms with Gasteiger partial charge in [0.05, 0.1) is 13.2 Å². The summed E-state index contributed by atoms with van der Waals surface area (Å²) in [7, 11) is 0. The van der Waals surface area contributed by atoms with Gasteiger partial charge in [-0.05, 0) is 18.2 Å². The number of carbonyl (C=O) groups excluding carboxylic acids is 3. The summed E-state index contributed by atoms with van der Waals surface area (Å²) in [6.45, 7) is 5.65. The highest BCUT2D eigenvalue weighted by Gasteiger charge is 2.48. The van der Waals surface area contributed by atoms with Gasteiger partial charge in [0, 0.05) is 49.8 Å². The number of allylic oxidation sites excluding steroid dienone is 1. The van der Waals surface area contributed by atoms with E-state index >= 15 is 0 Å². The molecule has 15 heteroatoms. The van der Waals surface area contributed by atoms with Gasteiger partial charge in [0.25, 0.3) is 5.91 Å². The van der Waals surface area contributed by atoms with Crippen LogP contribution in [0.15, 0.2) is 42.6 Å². The average Bonchev–Trinajstić information content (AvgIpc) is 3.27. The fourth-order valence-electron chi connectivity index (χ4n) is 3.94. The number of carboxylic acid groups (broad SMARTS) is 1. The first-order valence-electron chi connectivity index (χ1n) is 13.0. The highest BCUT2D eigenvalue weighted by molar-refractivity contribution is 5.93. The van der Waals surface area contributed by atoms with Crippen LogP contribution in [-0.2, 0) is 40.0 Å².